The predicted molar refractivity (Wildman–Crippen MR) is 103 cm³/mol. The summed E-state index contributed by atoms with van der Waals surface area (Å²) in [6, 6.07) is 7.10. The third-order valence-corrected chi connectivity index (χ3v) is 5.50. The van der Waals surface area contributed by atoms with Crippen molar-refractivity contribution in [2.75, 3.05) is 25.0 Å². The highest BCUT2D eigenvalue weighted by molar-refractivity contribution is 5.97. The average molecular weight is 372 g/mol. The average Bonchev–Trinajstić information content (AvgIpc) is 3.02. The number of halogens is 2. The minimum Gasteiger partial charge on any atom is -0.385 e. The van der Waals surface area contributed by atoms with Gasteiger partial charge in [-0.2, -0.15) is 0 Å². The molecule has 4 rings (SSSR count). The van der Waals surface area contributed by atoms with E-state index in [1.165, 1.54) is 24.9 Å². The SMILES string of the molecule is Cl.Cl.O=C(NC1CCN2CCCC2C1)c1cccc2c1CCCN2. The van der Waals surface area contributed by atoms with Crippen LogP contribution in [0.15, 0.2) is 18.2 Å². The Labute approximate surface area is 156 Å². The lowest BCUT2D eigenvalue weighted by molar-refractivity contribution is 0.0895. The van der Waals surface area contributed by atoms with E-state index in [0.29, 0.717) is 12.1 Å². The van der Waals surface area contributed by atoms with Crippen molar-refractivity contribution in [3.8, 4) is 0 Å². The summed E-state index contributed by atoms with van der Waals surface area (Å²) in [5.41, 5.74) is 3.22. The number of anilines is 1. The molecule has 0 bridgehead atoms. The Morgan fingerprint density at radius 3 is 2.92 bits per heavy atom. The van der Waals surface area contributed by atoms with E-state index in [2.05, 4.69) is 21.6 Å². The lowest BCUT2D eigenvalue weighted by atomic mass is 9.95. The van der Waals surface area contributed by atoms with Crippen molar-refractivity contribution in [1.82, 2.24) is 10.2 Å². The second-order valence-corrected chi connectivity index (χ2v) is 6.89. The summed E-state index contributed by atoms with van der Waals surface area (Å²) in [6.07, 6.45) is 6.96. The number of fused-ring (bicyclic) bond motifs is 2. The lowest BCUT2D eigenvalue weighted by Gasteiger charge is -2.35. The molecule has 4 nitrogen and oxygen atoms in total. The fourth-order valence-electron chi connectivity index (χ4n) is 4.34. The van der Waals surface area contributed by atoms with E-state index in [1.54, 1.807) is 0 Å². The third-order valence-electron chi connectivity index (χ3n) is 5.50. The van der Waals surface area contributed by atoms with Gasteiger partial charge in [-0.15, -0.1) is 24.8 Å². The first-order valence-corrected chi connectivity index (χ1v) is 8.72. The molecule has 6 heteroatoms. The van der Waals surface area contributed by atoms with Gasteiger partial charge in [-0.3, -0.25) is 4.79 Å². The number of carbonyl (C=O) groups is 1. The topological polar surface area (TPSA) is 44.4 Å². The molecule has 0 aliphatic carbocycles. The maximum Gasteiger partial charge on any atom is 0.251 e. The molecule has 0 aromatic heterocycles. The smallest absolute Gasteiger partial charge is 0.251 e. The monoisotopic (exact) mass is 371 g/mol. The molecule has 3 aliphatic rings. The summed E-state index contributed by atoms with van der Waals surface area (Å²) >= 11 is 0. The molecular formula is C18H27Cl2N3O. The van der Waals surface area contributed by atoms with Crippen LogP contribution in [0, 0.1) is 0 Å². The number of hydrogen-bond donors (Lipinski definition) is 2. The summed E-state index contributed by atoms with van der Waals surface area (Å²) in [5.74, 6) is 0.122. The van der Waals surface area contributed by atoms with E-state index in [-0.39, 0.29) is 30.7 Å². The Bertz CT molecular complexity index is 581. The molecule has 3 aliphatic heterocycles. The van der Waals surface area contributed by atoms with Gasteiger partial charge in [-0.1, -0.05) is 6.07 Å². The van der Waals surface area contributed by atoms with Crippen molar-refractivity contribution in [3.63, 3.8) is 0 Å². The van der Waals surface area contributed by atoms with Crippen LogP contribution in [-0.4, -0.2) is 42.5 Å². The standard InChI is InChI=1S/C18H25N3O.2ClH/c22-18(16-5-1-7-17-15(16)6-2-9-19-17)20-13-8-11-21-10-3-4-14(21)12-13;;/h1,5,7,13-14,19H,2-4,6,8-12H2,(H,20,22);2*1H. The van der Waals surface area contributed by atoms with Crippen LogP contribution in [0.4, 0.5) is 5.69 Å². The molecule has 2 unspecified atom stereocenters. The van der Waals surface area contributed by atoms with Crippen molar-refractivity contribution in [3.05, 3.63) is 29.3 Å². The fourth-order valence-corrected chi connectivity index (χ4v) is 4.34. The molecule has 0 saturated carbocycles. The summed E-state index contributed by atoms with van der Waals surface area (Å²) in [7, 11) is 0. The summed E-state index contributed by atoms with van der Waals surface area (Å²) < 4.78 is 0. The van der Waals surface area contributed by atoms with Gasteiger partial charge in [0.15, 0.2) is 0 Å². The van der Waals surface area contributed by atoms with Gasteiger partial charge in [0, 0.05) is 36.4 Å². The molecule has 1 amide bonds. The van der Waals surface area contributed by atoms with Gasteiger partial charge in [0.25, 0.3) is 5.91 Å². The summed E-state index contributed by atoms with van der Waals surface area (Å²) in [4.78, 5) is 15.3. The first-order valence-electron chi connectivity index (χ1n) is 8.72. The molecule has 0 spiro atoms. The Morgan fingerprint density at radius 1 is 1.17 bits per heavy atom. The minimum atomic E-state index is 0. The van der Waals surface area contributed by atoms with Crippen molar-refractivity contribution in [1.29, 1.82) is 0 Å². The van der Waals surface area contributed by atoms with Gasteiger partial charge < -0.3 is 15.5 Å². The van der Waals surface area contributed by atoms with E-state index in [9.17, 15) is 4.79 Å². The number of nitrogens with zero attached hydrogens (tertiary/aromatic N) is 1. The molecule has 1 aromatic rings. The van der Waals surface area contributed by atoms with Crippen LogP contribution in [-0.2, 0) is 6.42 Å². The fraction of sp³-hybridized carbons (Fsp3) is 0.611. The second kappa shape index (κ2) is 8.41. The van der Waals surface area contributed by atoms with Crippen LogP contribution in [0.2, 0.25) is 0 Å². The highest BCUT2D eigenvalue weighted by atomic mass is 35.5. The first kappa shape index (κ1) is 19.4. The minimum absolute atomic E-state index is 0. The molecule has 2 saturated heterocycles. The zero-order valence-electron chi connectivity index (χ0n) is 13.9. The van der Waals surface area contributed by atoms with E-state index in [1.807, 2.05) is 12.1 Å². The van der Waals surface area contributed by atoms with Gasteiger partial charge in [-0.05, 0) is 62.8 Å². The normalized spacial score (nSPS) is 25.3. The molecule has 2 N–H and O–H groups in total. The molecule has 1 aromatic carbocycles. The maximum absolute atomic E-state index is 12.7. The largest absolute Gasteiger partial charge is 0.385 e. The lowest BCUT2D eigenvalue weighted by Crippen LogP contribution is -2.47. The van der Waals surface area contributed by atoms with Crippen molar-refractivity contribution >= 4 is 36.4 Å². The Kier molecular flexibility index (Phi) is 6.79. The van der Waals surface area contributed by atoms with E-state index < -0.39 is 0 Å². The number of nitrogens with one attached hydrogen (secondary N) is 2. The molecular weight excluding hydrogens is 345 g/mol. The Balaban J connectivity index is 0.00000104. The summed E-state index contributed by atoms with van der Waals surface area (Å²) in [5, 5.41) is 6.71. The van der Waals surface area contributed by atoms with Crippen LogP contribution in [0.5, 0.6) is 0 Å². The molecule has 2 atom stereocenters. The number of carbonyl (C=O) groups excluding carboxylic acids is 1. The summed E-state index contributed by atoms with van der Waals surface area (Å²) in [6.45, 7) is 3.41. The second-order valence-electron chi connectivity index (χ2n) is 6.89. The zero-order chi connectivity index (χ0) is 14.9. The predicted octanol–water partition coefficient (Wildman–Crippen LogP) is 3.24. The van der Waals surface area contributed by atoms with Crippen molar-refractivity contribution in [2.45, 2.75) is 50.6 Å². The first-order chi connectivity index (χ1) is 10.8. The van der Waals surface area contributed by atoms with Crippen LogP contribution in [0.25, 0.3) is 0 Å². The van der Waals surface area contributed by atoms with Gasteiger partial charge in [-0.25, -0.2) is 0 Å². The van der Waals surface area contributed by atoms with E-state index in [0.717, 1.165) is 50.0 Å². The van der Waals surface area contributed by atoms with Gasteiger partial charge >= 0.3 is 0 Å². The number of piperidine rings is 1. The Morgan fingerprint density at radius 2 is 2.04 bits per heavy atom. The third kappa shape index (κ3) is 3.81. The van der Waals surface area contributed by atoms with Gasteiger partial charge in [0.2, 0.25) is 0 Å². The van der Waals surface area contributed by atoms with E-state index >= 15 is 0 Å². The van der Waals surface area contributed by atoms with Gasteiger partial charge in [0.1, 0.15) is 0 Å². The highest BCUT2D eigenvalue weighted by Crippen LogP contribution is 2.28. The Hall–Kier alpha value is -0.970. The van der Waals surface area contributed by atoms with Crippen LogP contribution >= 0.6 is 24.8 Å². The highest BCUT2D eigenvalue weighted by Gasteiger charge is 2.32. The van der Waals surface area contributed by atoms with Gasteiger partial charge in [0.05, 0.1) is 0 Å². The number of rotatable bonds is 2. The van der Waals surface area contributed by atoms with E-state index in [4.69, 9.17) is 0 Å². The molecule has 24 heavy (non-hydrogen) atoms. The number of amides is 1. The van der Waals surface area contributed by atoms with Crippen LogP contribution < -0.4 is 10.6 Å². The number of hydrogen-bond acceptors (Lipinski definition) is 3. The zero-order valence-corrected chi connectivity index (χ0v) is 15.6. The van der Waals surface area contributed by atoms with Crippen LogP contribution in [0.1, 0.15) is 48.0 Å². The maximum atomic E-state index is 12.7. The quantitative estimate of drug-likeness (QED) is 0.838. The molecule has 0 radical (unpaired) electrons. The van der Waals surface area contributed by atoms with Crippen molar-refractivity contribution < 1.29 is 4.79 Å². The molecule has 2 fully saturated rings. The van der Waals surface area contributed by atoms with Crippen molar-refractivity contribution in [2.24, 2.45) is 0 Å². The number of benzene rings is 1. The molecule has 134 valence electrons. The molecule has 3 heterocycles. The van der Waals surface area contributed by atoms with Crippen LogP contribution in [0.3, 0.4) is 0 Å².